The zero-order valence-corrected chi connectivity index (χ0v) is 22.6. The fourth-order valence-electron chi connectivity index (χ4n) is 5.80. The summed E-state index contributed by atoms with van der Waals surface area (Å²) in [6.07, 6.45) is 7.76. The molecule has 1 atom stereocenters. The van der Waals surface area contributed by atoms with Gasteiger partial charge < -0.3 is 19.7 Å². The van der Waals surface area contributed by atoms with Crippen LogP contribution in [0, 0.1) is 24.6 Å². The number of pyridine rings is 1. The molecule has 0 bridgehead atoms. The van der Waals surface area contributed by atoms with Gasteiger partial charge in [0, 0.05) is 23.5 Å². The number of alkyl halides is 2. The van der Waals surface area contributed by atoms with E-state index in [2.05, 4.69) is 32.3 Å². The van der Waals surface area contributed by atoms with Gasteiger partial charge in [0.1, 0.15) is 23.2 Å². The van der Waals surface area contributed by atoms with Crippen molar-refractivity contribution >= 4 is 22.8 Å². The van der Waals surface area contributed by atoms with Crippen molar-refractivity contribution in [2.45, 2.75) is 51.5 Å². The molecule has 1 aliphatic carbocycles. The van der Waals surface area contributed by atoms with Crippen LogP contribution in [0.25, 0.3) is 22.2 Å². The number of aryl methyl sites for hydroxylation is 1. The van der Waals surface area contributed by atoms with Crippen LogP contribution in [0.15, 0.2) is 41.4 Å². The Morgan fingerprint density at radius 2 is 1.88 bits per heavy atom. The van der Waals surface area contributed by atoms with E-state index >= 15 is 4.39 Å². The van der Waals surface area contributed by atoms with Crippen LogP contribution in [0.4, 0.5) is 13.2 Å². The van der Waals surface area contributed by atoms with Gasteiger partial charge in [0.15, 0.2) is 5.82 Å². The molecule has 12 heteroatoms. The quantitative estimate of drug-likeness (QED) is 0.321. The summed E-state index contributed by atoms with van der Waals surface area (Å²) in [5.41, 5.74) is 1.58. The number of amides is 2. The predicted molar refractivity (Wildman–Crippen MR) is 143 cm³/mol. The van der Waals surface area contributed by atoms with E-state index in [1.54, 1.807) is 13.0 Å². The van der Waals surface area contributed by atoms with E-state index in [-0.39, 0.29) is 34.0 Å². The normalized spacial score (nSPS) is 21.0. The number of imidazole rings is 1. The smallest absolute Gasteiger partial charge is 0.282 e. The van der Waals surface area contributed by atoms with Crippen molar-refractivity contribution in [2.75, 3.05) is 13.1 Å². The standard InChI is InChI=1S/C29H29F3N6O3/c1-15-3-5-17(6-4-15)24(36-27(39)21-12-41-37-16(21)2)26-34-22-8-7-18(23(30)25(22)35-26)20-11-33-10-9-19(20)28(40)38-13-29(31,32)14-38/h7-12,15,17,24H,3-6,13-14H2,1-2H3,(H,34,35)(H,36,39)/t15?,17?,24-/m0/s1. The van der Waals surface area contributed by atoms with Crippen LogP contribution in [0.2, 0.25) is 0 Å². The molecule has 4 aromatic rings. The van der Waals surface area contributed by atoms with Crippen molar-refractivity contribution in [3.8, 4) is 11.1 Å². The molecule has 6 rings (SSSR count). The molecule has 0 unspecified atom stereocenters. The van der Waals surface area contributed by atoms with Gasteiger partial charge in [-0.1, -0.05) is 24.9 Å². The molecule has 1 aliphatic heterocycles. The maximum atomic E-state index is 16.1. The van der Waals surface area contributed by atoms with Crippen LogP contribution in [0.1, 0.15) is 70.9 Å². The minimum atomic E-state index is -2.92. The lowest BCUT2D eigenvalue weighted by atomic mass is 9.79. The molecule has 41 heavy (non-hydrogen) atoms. The summed E-state index contributed by atoms with van der Waals surface area (Å²) in [6.45, 7) is 2.52. The predicted octanol–water partition coefficient (Wildman–Crippen LogP) is 5.45. The van der Waals surface area contributed by atoms with Gasteiger partial charge in [0.25, 0.3) is 17.7 Å². The van der Waals surface area contributed by atoms with E-state index in [1.165, 1.54) is 30.8 Å². The zero-order chi connectivity index (χ0) is 28.9. The van der Waals surface area contributed by atoms with Crippen LogP contribution in [-0.2, 0) is 0 Å². The first-order valence-corrected chi connectivity index (χ1v) is 13.6. The van der Waals surface area contributed by atoms with Crippen LogP contribution < -0.4 is 5.32 Å². The molecule has 9 nitrogen and oxygen atoms in total. The molecule has 0 spiro atoms. The number of hydrogen-bond donors (Lipinski definition) is 2. The first kappa shape index (κ1) is 27.0. The first-order valence-electron chi connectivity index (χ1n) is 13.6. The van der Waals surface area contributed by atoms with Crippen molar-refractivity contribution in [2.24, 2.45) is 11.8 Å². The molecular formula is C29H29F3N6O3. The number of hydrogen-bond acceptors (Lipinski definition) is 6. The summed E-state index contributed by atoms with van der Waals surface area (Å²) in [4.78, 5) is 39.0. The van der Waals surface area contributed by atoms with Gasteiger partial charge in [-0.05, 0) is 49.8 Å². The number of nitrogens with zero attached hydrogens (tertiary/aromatic N) is 4. The Bertz CT molecular complexity index is 1620. The Hall–Kier alpha value is -4.22. The maximum Gasteiger partial charge on any atom is 0.282 e. The monoisotopic (exact) mass is 566 g/mol. The molecule has 2 amide bonds. The van der Waals surface area contributed by atoms with Gasteiger partial charge in [-0.25, -0.2) is 18.2 Å². The average molecular weight is 567 g/mol. The second-order valence-electron chi connectivity index (χ2n) is 11.2. The Balaban J connectivity index is 1.35. The fraction of sp³-hybridized carbons (Fsp3) is 0.414. The number of aromatic nitrogens is 4. The second kappa shape index (κ2) is 10.3. The van der Waals surface area contributed by atoms with Crippen LogP contribution in [0.5, 0.6) is 0 Å². The molecule has 2 fully saturated rings. The number of benzene rings is 1. The van der Waals surface area contributed by atoms with Gasteiger partial charge in [0.2, 0.25) is 0 Å². The third-order valence-corrected chi connectivity index (χ3v) is 8.19. The summed E-state index contributed by atoms with van der Waals surface area (Å²) in [5, 5.41) is 6.86. The van der Waals surface area contributed by atoms with Crippen molar-refractivity contribution in [1.29, 1.82) is 0 Å². The van der Waals surface area contributed by atoms with Gasteiger partial charge in [-0.3, -0.25) is 14.6 Å². The Labute approximate surface area is 233 Å². The molecule has 3 aromatic heterocycles. The topological polar surface area (TPSA) is 117 Å². The second-order valence-corrected chi connectivity index (χ2v) is 11.2. The molecule has 214 valence electrons. The SMILES string of the molecule is Cc1nocc1C(=O)N[C@H](c1nc2c(F)c(-c3cnccc3C(=O)N3CC(F)(F)C3)ccc2[nH]1)C1CCC(C)CC1. The lowest BCUT2D eigenvalue weighted by Crippen LogP contribution is -2.58. The van der Waals surface area contributed by atoms with Crippen LogP contribution >= 0.6 is 0 Å². The highest BCUT2D eigenvalue weighted by molar-refractivity contribution is 6.02. The lowest BCUT2D eigenvalue weighted by Gasteiger charge is -2.38. The van der Waals surface area contributed by atoms with Crippen molar-refractivity contribution in [3.63, 3.8) is 0 Å². The summed E-state index contributed by atoms with van der Waals surface area (Å²) < 4.78 is 47.8. The van der Waals surface area contributed by atoms with E-state index in [9.17, 15) is 18.4 Å². The number of likely N-dealkylation sites (tertiary alicyclic amines) is 1. The minimum absolute atomic E-state index is 0.0415. The summed E-state index contributed by atoms with van der Waals surface area (Å²) >= 11 is 0. The highest BCUT2D eigenvalue weighted by Gasteiger charge is 2.46. The van der Waals surface area contributed by atoms with E-state index in [0.29, 0.717) is 28.5 Å². The molecule has 0 radical (unpaired) electrons. The number of nitrogens with one attached hydrogen (secondary N) is 2. The number of fused-ring (bicyclic) bond motifs is 1. The molecule has 2 N–H and O–H groups in total. The number of aromatic amines is 1. The minimum Gasteiger partial charge on any atom is -0.364 e. The number of carbonyl (C=O) groups is 2. The largest absolute Gasteiger partial charge is 0.364 e. The first-order chi connectivity index (χ1) is 19.6. The molecular weight excluding hydrogens is 537 g/mol. The van der Waals surface area contributed by atoms with Crippen LogP contribution in [0.3, 0.4) is 0 Å². The third-order valence-electron chi connectivity index (χ3n) is 8.19. The Kier molecular flexibility index (Phi) is 6.79. The van der Waals surface area contributed by atoms with E-state index in [1.807, 2.05) is 0 Å². The highest BCUT2D eigenvalue weighted by Crippen LogP contribution is 2.38. The molecule has 1 saturated heterocycles. The summed E-state index contributed by atoms with van der Waals surface area (Å²) in [7, 11) is 0. The van der Waals surface area contributed by atoms with E-state index < -0.39 is 36.8 Å². The average Bonchev–Trinajstić information content (AvgIpc) is 3.57. The molecule has 1 aromatic carbocycles. The highest BCUT2D eigenvalue weighted by atomic mass is 19.3. The van der Waals surface area contributed by atoms with E-state index in [0.717, 1.165) is 30.6 Å². The molecule has 4 heterocycles. The Morgan fingerprint density at radius 3 is 2.56 bits per heavy atom. The van der Waals surface area contributed by atoms with Gasteiger partial charge in [-0.2, -0.15) is 0 Å². The van der Waals surface area contributed by atoms with Gasteiger partial charge in [0.05, 0.1) is 35.9 Å². The van der Waals surface area contributed by atoms with Gasteiger partial charge in [-0.15, -0.1) is 0 Å². The van der Waals surface area contributed by atoms with E-state index in [4.69, 9.17) is 4.52 Å². The van der Waals surface area contributed by atoms with Gasteiger partial charge >= 0.3 is 0 Å². The van der Waals surface area contributed by atoms with Crippen molar-refractivity contribution < 1.29 is 27.3 Å². The number of rotatable bonds is 6. The van der Waals surface area contributed by atoms with Crippen molar-refractivity contribution in [3.05, 3.63) is 65.3 Å². The number of halogens is 3. The summed E-state index contributed by atoms with van der Waals surface area (Å²) in [5.74, 6) is -3.50. The molecule has 2 aliphatic rings. The van der Waals surface area contributed by atoms with Crippen LogP contribution in [-0.4, -0.2) is 55.8 Å². The maximum absolute atomic E-state index is 16.1. The number of carbonyl (C=O) groups excluding carboxylic acids is 2. The Morgan fingerprint density at radius 1 is 1.12 bits per heavy atom. The zero-order valence-electron chi connectivity index (χ0n) is 22.6. The number of H-pyrrole nitrogens is 1. The third kappa shape index (κ3) is 5.07. The summed E-state index contributed by atoms with van der Waals surface area (Å²) in [6, 6.07) is 4.04. The fourth-order valence-corrected chi connectivity index (χ4v) is 5.80. The molecule has 1 saturated carbocycles. The van der Waals surface area contributed by atoms with Crippen molar-refractivity contribution in [1.82, 2.24) is 30.3 Å². The lowest BCUT2D eigenvalue weighted by molar-refractivity contribution is -0.113.